The van der Waals surface area contributed by atoms with Crippen LogP contribution in [0.5, 0.6) is 5.75 Å². The van der Waals surface area contributed by atoms with Crippen molar-refractivity contribution in [3.8, 4) is 28.1 Å². The highest BCUT2D eigenvalue weighted by molar-refractivity contribution is 6.04. The molecule has 0 aliphatic rings. The molecule has 30 heavy (non-hydrogen) atoms. The summed E-state index contributed by atoms with van der Waals surface area (Å²) in [4.78, 5) is 16.4. The number of hydrogen-bond acceptors (Lipinski definition) is 3. The molecular weight excluding hydrogens is 381 g/mol. The molecule has 1 N–H and O–H groups in total. The van der Waals surface area contributed by atoms with Crippen molar-refractivity contribution in [2.45, 2.75) is 13.8 Å². The van der Waals surface area contributed by atoms with Crippen LogP contribution in [0.3, 0.4) is 0 Å². The standard InChI is InChI=1S/C25H20FNO3/c1-3-30-24-15(2)18(10-11-19(24)16-7-5-4-6-8-16)23-14-21(25(28)29)20-13-17(26)9-12-22(20)27-23/h4-14H,3H2,1-2H3,(H,28,29). The van der Waals surface area contributed by atoms with E-state index in [9.17, 15) is 14.3 Å². The zero-order chi connectivity index (χ0) is 21.3. The molecule has 0 spiro atoms. The van der Waals surface area contributed by atoms with Gasteiger partial charge in [0.1, 0.15) is 11.6 Å². The van der Waals surface area contributed by atoms with Crippen LogP contribution in [0.2, 0.25) is 0 Å². The minimum atomic E-state index is -1.13. The van der Waals surface area contributed by atoms with Crippen LogP contribution in [-0.4, -0.2) is 22.7 Å². The summed E-state index contributed by atoms with van der Waals surface area (Å²) in [7, 11) is 0. The number of ether oxygens (including phenoxy) is 1. The topological polar surface area (TPSA) is 59.4 Å². The third-order valence-corrected chi connectivity index (χ3v) is 5.06. The molecule has 0 bridgehead atoms. The number of aromatic carboxylic acids is 1. The average Bonchev–Trinajstić information content (AvgIpc) is 2.75. The van der Waals surface area contributed by atoms with Gasteiger partial charge in [0.15, 0.2) is 0 Å². The number of carboxylic acids is 1. The van der Waals surface area contributed by atoms with Gasteiger partial charge in [-0.25, -0.2) is 14.2 Å². The lowest BCUT2D eigenvalue weighted by Gasteiger charge is -2.17. The lowest BCUT2D eigenvalue weighted by Crippen LogP contribution is -2.02. The lowest BCUT2D eigenvalue weighted by atomic mass is 9.95. The normalized spacial score (nSPS) is 10.9. The monoisotopic (exact) mass is 401 g/mol. The average molecular weight is 401 g/mol. The zero-order valence-corrected chi connectivity index (χ0v) is 16.6. The second kappa shape index (κ2) is 7.95. The maximum absolute atomic E-state index is 13.7. The Hall–Kier alpha value is -3.73. The van der Waals surface area contributed by atoms with Crippen molar-refractivity contribution < 1.29 is 19.0 Å². The van der Waals surface area contributed by atoms with Gasteiger partial charge >= 0.3 is 5.97 Å². The first kappa shape index (κ1) is 19.6. The third-order valence-electron chi connectivity index (χ3n) is 5.06. The minimum absolute atomic E-state index is 0.0130. The molecule has 0 saturated carbocycles. The molecule has 4 rings (SSSR count). The first-order valence-corrected chi connectivity index (χ1v) is 9.65. The fourth-order valence-corrected chi connectivity index (χ4v) is 3.66. The van der Waals surface area contributed by atoms with Gasteiger partial charge in [-0.15, -0.1) is 0 Å². The summed E-state index contributed by atoms with van der Waals surface area (Å²) in [5.41, 5.74) is 4.57. The number of nitrogens with zero attached hydrogens (tertiary/aromatic N) is 1. The largest absolute Gasteiger partial charge is 0.493 e. The highest BCUT2D eigenvalue weighted by atomic mass is 19.1. The van der Waals surface area contributed by atoms with Gasteiger partial charge in [0, 0.05) is 22.1 Å². The second-order valence-electron chi connectivity index (χ2n) is 6.94. The Labute approximate surface area is 173 Å². The second-order valence-corrected chi connectivity index (χ2v) is 6.94. The SMILES string of the molecule is CCOc1c(-c2ccccc2)ccc(-c2cc(C(=O)O)c3cc(F)ccc3n2)c1C. The summed E-state index contributed by atoms with van der Waals surface area (Å²) in [6.45, 7) is 4.35. The van der Waals surface area contributed by atoms with Crippen LogP contribution in [0.15, 0.2) is 66.7 Å². The molecule has 0 radical (unpaired) electrons. The predicted octanol–water partition coefficient (Wildman–Crippen LogP) is 6.11. The molecule has 150 valence electrons. The Bertz CT molecular complexity index is 1250. The highest BCUT2D eigenvalue weighted by Gasteiger charge is 2.18. The summed E-state index contributed by atoms with van der Waals surface area (Å²) < 4.78 is 19.6. The van der Waals surface area contributed by atoms with Crippen molar-refractivity contribution in [3.63, 3.8) is 0 Å². The van der Waals surface area contributed by atoms with Gasteiger partial charge in [-0.2, -0.15) is 0 Å². The fraction of sp³-hybridized carbons (Fsp3) is 0.120. The molecule has 3 aromatic carbocycles. The van der Waals surface area contributed by atoms with Crippen LogP contribution in [-0.2, 0) is 0 Å². The number of pyridine rings is 1. The number of benzene rings is 3. The van der Waals surface area contributed by atoms with Crippen molar-refractivity contribution in [2.24, 2.45) is 0 Å². The molecule has 1 heterocycles. The van der Waals surface area contributed by atoms with Gasteiger partial charge in [-0.05, 0) is 49.7 Å². The number of carbonyl (C=O) groups is 1. The van der Waals surface area contributed by atoms with E-state index in [4.69, 9.17) is 4.74 Å². The van der Waals surface area contributed by atoms with E-state index < -0.39 is 11.8 Å². The maximum atomic E-state index is 13.7. The third kappa shape index (κ3) is 3.50. The lowest BCUT2D eigenvalue weighted by molar-refractivity contribution is 0.0699. The van der Waals surface area contributed by atoms with E-state index in [-0.39, 0.29) is 10.9 Å². The summed E-state index contributed by atoms with van der Waals surface area (Å²) >= 11 is 0. The molecular formula is C25H20FNO3. The van der Waals surface area contributed by atoms with E-state index in [0.29, 0.717) is 17.8 Å². The summed E-state index contributed by atoms with van der Waals surface area (Å²) in [5.74, 6) is -0.890. The fourth-order valence-electron chi connectivity index (χ4n) is 3.66. The number of hydrogen-bond donors (Lipinski definition) is 1. The van der Waals surface area contributed by atoms with E-state index in [0.717, 1.165) is 28.0 Å². The van der Waals surface area contributed by atoms with Gasteiger partial charge in [0.2, 0.25) is 0 Å². The smallest absolute Gasteiger partial charge is 0.336 e. The van der Waals surface area contributed by atoms with Crippen LogP contribution in [0.25, 0.3) is 33.3 Å². The molecule has 4 nitrogen and oxygen atoms in total. The summed E-state index contributed by atoms with van der Waals surface area (Å²) in [6, 6.07) is 19.3. The van der Waals surface area contributed by atoms with Crippen molar-refractivity contribution in [1.82, 2.24) is 4.98 Å². The van der Waals surface area contributed by atoms with E-state index in [1.54, 1.807) is 0 Å². The first-order valence-electron chi connectivity index (χ1n) is 9.65. The highest BCUT2D eigenvalue weighted by Crippen LogP contribution is 2.39. The molecule has 0 atom stereocenters. The predicted molar refractivity (Wildman–Crippen MR) is 115 cm³/mol. The number of halogens is 1. The quantitative estimate of drug-likeness (QED) is 0.438. The Morgan fingerprint density at radius 2 is 1.77 bits per heavy atom. The molecule has 0 amide bonds. The van der Waals surface area contributed by atoms with Crippen LogP contribution in [0, 0.1) is 12.7 Å². The molecule has 0 saturated heterocycles. The first-order chi connectivity index (χ1) is 14.5. The number of aromatic nitrogens is 1. The van der Waals surface area contributed by atoms with Crippen LogP contribution in [0.1, 0.15) is 22.8 Å². The van der Waals surface area contributed by atoms with Crippen molar-refractivity contribution in [2.75, 3.05) is 6.61 Å². The molecule has 4 aromatic rings. The van der Waals surface area contributed by atoms with Gasteiger partial charge in [-0.1, -0.05) is 36.4 Å². The Kier molecular flexibility index (Phi) is 5.19. The van der Waals surface area contributed by atoms with Crippen LogP contribution in [0.4, 0.5) is 4.39 Å². The Morgan fingerprint density at radius 3 is 2.47 bits per heavy atom. The van der Waals surface area contributed by atoms with Gasteiger partial charge in [0.05, 0.1) is 23.4 Å². The van der Waals surface area contributed by atoms with E-state index in [2.05, 4.69) is 4.98 Å². The Balaban J connectivity index is 1.95. The van der Waals surface area contributed by atoms with Crippen molar-refractivity contribution in [3.05, 3.63) is 83.7 Å². The summed E-state index contributed by atoms with van der Waals surface area (Å²) in [6.07, 6.45) is 0. The minimum Gasteiger partial charge on any atom is -0.493 e. The molecule has 1 aromatic heterocycles. The number of rotatable bonds is 5. The van der Waals surface area contributed by atoms with E-state index in [1.807, 2.05) is 56.3 Å². The van der Waals surface area contributed by atoms with Gasteiger partial charge in [-0.3, -0.25) is 0 Å². The summed E-state index contributed by atoms with van der Waals surface area (Å²) in [5, 5.41) is 9.94. The molecule has 5 heteroatoms. The van der Waals surface area contributed by atoms with E-state index >= 15 is 0 Å². The Morgan fingerprint density at radius 1 is 1.03 bits per heavy atom. The van der Waals surface area contributed by atoms with Crippen molar-refractivity contribution >= 4 is 16.9 Å². The van der Waals surface area contributed by atoms with Gasteiger partial charge in [0.25, 0.3) is 0 Å². The number of carboxylic acid groups (broad SMARTS) is 1. The van der Waals surface area contributed by atoms with Gasteiger partial charge < -0.3 is 9.84 Å². The van der Waals surface area contributed by atoms with Crippen LogP contribution >= 0.6 is 0 Å². The molecule has 0 unspecified atom stereocenters. The van der Waals surface area contributed by atoms with Crippen LogP contribution < -0.4 is 4.74 Å². The maximum Gasteiger partial charge on any atom is 0.336 e. The van der Waals surface area contributed by atoms with Crippen molar-refractivity contribution in [1.29, 1.82) is 0 Å². The van der Waals surface area contributed by atoms with E-state index in [1.165, 1.54) is 24.3 Å². The molecule has 0 aliphatic carbocycles. The molecule has 0 fully saturated rings. The zero-order valence-electron chi connectivity index (χ0n) is 16.6. The molecule has 0 aliphatic heterocycles. The number of fused-ring (bicyclic) bond motifs is 1.